The first-order chi connectivity index (χ1) is 16.1. The quantitative estimate of drug-likeness (QED) is 0.381. The fraction of sp³-hybridized carbons (Fsp3) is 0.0800. The van der Waals surface area contributed by atoms with Crippen LogP contribution in [0.15, 0.2) is 79.3 Å². The van der Waals surface area contributed by atoms with Gasteiger partial charge >= 0.3 is 0 Å². The number of hydrogen-bond acceptors (Lipinski definition) is 5. The summed E-state index contributed by atoms with van der Waals surface area (Å²) >= 11 is 6.20. The van der Waals surface area contributed by atoms with Gasteiger partial charge in [0.05, 0.1) is 30.6 Å². The van der Waals surface area contributed by atoms with Crippen molar-refractivity contribution < 1.29 is 14.3 Å². The predicted molar refractivity (Wildman–Crippen MR) is 129 cm³/mol. The Bertz CT molecular complexity index is 1290. The molecule has 8 heteroatoms. The minimum atomic E-state index is -0.348. The number of nitrogens with one attached hydrogen (secondary N) is 1. The van der Waals surface area contributed by atoms with Gasteiger partial charge in [0.25, 0.3) is 0 Å². The number of aromatic nitrogens is 3. The summed E-state index contributed by atoms with van der Waals surface area (Å²) in [5.74, 6) is 0.543. The number of benzene rings is 2. The van der Waals surface area contributed by atoms with Crippen molar-refractivity contribution >= 4 is 29.3 Å². The number of anilines is 1. The second-order valence-electron chi connectivity index (χ2n) is 6.96. The highest BCUT2D eigenvalue weighted by atomic mass is 35.5. The lowest BCUT2D eigenvalue weighted by Crippen LogP contribution is -2.09. The Hall–Kier alpha value is -4.10. The van der Waals surface area contributed by atoms with Gasteiger partial charge in [0.1, 0.15) is 17.2 Å². The zero-order valence-electron chi connectivity index (χ0n) is 18.0. The standard InChI is InChI=1S/C25H21ClN4O3/c1-32-22-14-23(33-2)21(13-20(22)26)28-24(31)11-10-18-16-30(19-8-4-3-5-9-19)29-25(18)17-7-6-12-27-15-17/h3-16H,1-2H3,(H,28,31)/b11-10+. The molecule has 0 fully saturated rings. The third-order valence-electron chi connectivity index (χ3n) is 4.84. The average Bonchev–Trinajstić information content (AvgIpc) is 3.28. The van der Waals surface area contributed by atoms with Gasteiger partial charge in [-0.05, 0) is 36.4 Å². The van der Waals surface area contributed by atoms with Crippen LogP contribution < -0.4 is 14.8 Å². The van der Waals surface area contributed by atoms with Crippen LogP contribution in [0.3, 0.4) is 0 Å². The van der Waals surface area contributed by atoms with Gasteiger partial charge < -0.3 is 14.8 Å². The van der Waals surface area contributed by atoms with E-state index in [0.29, 0.717) is 27.9 Å². The van der Waals surface area contributed by atoms with Crippen molar-refractivity contribution in [3.05, 3.63) is 89.8 Å². The van der Waals surface area contributed by atoms with E-state index in [1.807, 2.05) is 48.7 Å². The molecule has 4 rings (SSSR count). The molecule has 7 nitrogen and oxygen atoms in total. The van der Waals surface area contributed by atoms with Crippen molar-refractivity contribution in [2.45, 2.75) is 0 Å². The van der Waals surface area contributed by atoms with Crippen LogP contribution in [0, 0.1) is 0 Å². The highest BCUT2D eigenvalue weighted by Gasteiger charge is 2.13. The molecule has 0 bridgehead atoms. The Kier molecular flexibility index (Phi) is 6.71. The first-order valence-electron chi connectivity index (χ1n) is 10.0. The number of carbonyl (C=O) groups is 1. The zero-order chi connectivity index (χ0) is 23.2. The van der Waals surface area contributed by atoms with E-state index in [0.717, 1.165) is 16.8 Å². The number of amides is 1. The van der Waals surface area contributed by atoms with Gasteiger partial charge in [0.15, 0.2) is 0 Å². The van der Waals surface area contributed by atoms with E-state index in [-0.39, 0.29) is 5.91 Å². The van der Waals surface area contributed by atoms with Crippen LogP contribution in [0.2, 0.25) is 5.02 Å². The van der Waals surface area contributed by atoms with E-state index in [9.17, 15) is 4.79 Å². The minimum Gasteiger partial charge on any atom is -0.495 e. The number of hydrogen-bond donors (Lipinski definition) is 1. The molecule has 0 aliphatic carbocycles. The number of ether oxygens (including phenoxy) is 2. The van der Waals surface area contributed by atoms with Crippen LogP contribution in [-0.2, 0) is 4.79 Å². The van der Waals surface area contributed by atoms with Crippen molar-refractivity contribution in [2.24, 2.45) is 0 Å². The van der Waals surface area contributed by atoms with Crippen LogP contribution in [0.4, 0.5) is 5.69 Å². The number of nitrogens with zero attached hydrogens (tertiary/aromatic N) is 3. The van der Waals surface area contributed by atoms with Crippen molar-refractivity contribution in [3.63, 3.8) is 0 Å². The molecule has 0 spiro atoms. The van der Waals surface area contributed by atoms with E-state index in [4.69, 9.17) is 26.2 Å². The first-order valence-corrected chi connectivity index (χ1v) is 10.4. The SMILES string of the molecule is COc1cc(OC)c(NC(=O)/C=C/c2cn(-c3ccccc3)nc2-c2cccnc2)cc1Cl. The van der Waals surface area contributed by atoms with E-state index in [1.165, 1.54) is 20.3 Å². The molecule has 0 aliphatic heterocycles. The summed E-state index contributed by atoms with van der Waals surface area (Å²) in [6.45, 7) is 0. The maximum atomic E-state index is 12.7. The largest absolute Gasteiger partial charge is 0.495 e. The fourth-order valence-corrected chi connectivity index (χ4v) is 3.49. The lowest BCUT2D eigenvalue weighted by molar-refractivity contribution is -0.111. The molecule has 1 N–H and O–H groups in total. The lowest BCUT2D eigenvalue weighted by atomic mass is 10.1. The maximum absolute atomic E-state index is 12.7. The summed E-state index contributed by atoms with van der Waals surface area (Å²) in [4.78, 5) is 16.9. The average molecular weight is 461 g/mol. The summed E-state index contributed by atoms with van der Waals surface area (Å²) in [6, 6.07) is 16.7. The summed E-state index contributed by atoms with van der Waals surface area (Å²) in [6.07, 6.45) is 8.45. The molecule has 2 heterocycles. The molecule has 4 aromatic rings. The Morgan fingerprint density at radius 3 is 2.55 bits per heavy atom. The first kappa shape index (κ1) is 22.1. The predicted octanol–water partition coefficient (Wildman–Crippen LogP) is 5.26. The zero-order valence-corrected chi connectivity index (χ0v) is 18.8. The molecule has 1 amide bonds. The number of methoxy groups -OCH3 is 2. The van der Waals surface area contributed by atoms with Gasteiger partial charge in [-0.1, -0.05) is 29.8 Å². The normalized spacial score (nSPS) is 10.9. The van der Waals surface area contributed by atoms with Gasteiger partial charge in [-0.2, -0.15) is 5.10 Å². The number of halogens is 1. The van der Waals surface area contributed by atoms with Crippen molar-refractivity contribution in [1.82, 2.24) is 14.8 Å². The molecule has 0 saturated heterocycles. The van der Waals surface area contributed by atoms with Gasteiger partial charge in [-0.3, -0.25) is 9.78 Å². The molecule has 166 valence electrons. The molecule has 0 atom stereocenters. The van der Waals surface area contributed by atoms with E-state index >= 15 is 0 Å². The Balaban J connectivity index is 1.63. The van der Waals surface area contributed by atoms with Gasteiger partial charge in [-0.15, -0.1) is 0 Å². The summed E-state index contributed by atoms with van der Waals surface area (Å²) in [5, 5.41) is 7.87. The monoisotopic (exact) mass is 460 g/mol. The van der Waals surface area contributed by atoms with E-state index < -0.39 is 0 Å². The molecular weight excluding hydrogens is 440 g/mol. The highest BCUT2D eigenvalue weighted by Crippen LogP contribution is 2.36. The Labute approximate surface area is 196 Å². The number of rotatable bonds is 7. The van der Waals surface area contributed by atoms with E-state index in [2.05, 4.69) is 10.3 Å². The number of para-hydroxylation sites is 1. The molecule has 0 radical (unpaired) electrons. The van der Waals surface area contributed by atoms with Crippen LogP contribution in [-0.4, -0.2) is 34.9 Å². The second-order valence-corrected chi connectivity index (χ2v) is 7.37. The van der Waals surface area contributed by atoms with Crippen LogP contribution >= 0.6 is 11.6 Å². The van der Waals surface area contributed by atoms with Gasteiger partial charge in [0.2, 0.25) is 5.91 Å². The van der Waals surface area contributed by atoms with Crippen molar-refractivity contribution in [2.75, 3.05) is 19.5 Å². The topological polar surface area (TPSA) is 78.3 Å². The lowest BCUT2D eigenvalue weighted by Gasteiger charge is -2.12. The number of pyridine rings is 1. The molecule has 2 aromatic carbocycles. The second kappa shape index (κ2) is 10.0. The summed E-state index contributed by atoms with van der Waals surface area (Å²) in [5.41, 5.74) is 3.66. The highest BCUT2D eigenvalue weighted by molar-refractivity contribution is 6.32. The van der Waals surface area contributed by atoms with Crippen LogP contribution in [0.25, 0.3) is 23.0 Å². The minimum absolute atomic E-state index is 0.348. The molecule has 33 heavy (non-hydrogen) atoms. The molecule has 0 saturated carbocycles. The number of carbonyl (C=O) groups excluding carboxylic acids is 1. The summed E-state index contributed by atoms with van der Waals surface area (Å²) < 4.78 is 12.3. The van der Waals surface area contributed by atoms with Crippen molar-refractivity contribution in [1.29, 1.82) is 0 Å². The molecule has 2 aromatic heterocycles. The Morgan fingerprint density at radius 2 is 1.85 bits per heavy atom. The maximum Gasteiger partial charge on any atom is 0.248 e. The third kappa shape index (κ3) is 5.05. The van der Waals surface area contributed by atoms with E-state index in [1.54, 1.807) is 35.3 Å². The summed E-state index contributed by atoms with van der Waals surface area (Å²) in [7, 11) is 3.02. The fourth-order valence-electron chi connectivity index (χ4n) is 3.25. The molecule has 0 aliphatic rings. The Morgan fingerprint density at radius 1 is 1.06 bits per heavy atom. The van der Waals surface area contributed by atoms with Crippen molar-refractivity contribution in [3.8, 4) is 28.4 Å². The smallest absolute Gasteiger partial charge is 0.248 e. The molecule has 0 unspecified atom stereocenters. The third-order valence-corrected chi connectivity index (χ3v) is 5.14. The van der Waals surface area contributed by atoms with Crippen LogP contribution in [0.1, 0.15) is 5.56 Å². The van der Waals surface area contributed by atoms with Gasteiger partial charge in [0, 0.05) is 41.9 Å². The molecular formula is C25H21ClN4O3. The van der Waals surface area contributed by atoms with Crippen LogP contribution in [0.5, 0.6) is 11.5 Å². The van der Waals surface area contributed by atoms with Gasteiger partial charge in [-0.25, -0.2) is 4.68 Å².